The van der Waals surface area contributed by atoms with Crippen LogP contribution < -0.4 is 0 Å². The standard InChI is InChI=1S/C9H7Br3O2/c1-2-14-9(13)5-3-6(10)8(12)7(11)4-5/h3-4H,2H2,1H3. The second-order valence-electron chi connectivity index (χ2n) is 2.47. The summed E-state index contributed by atoms with van der Waals surface area (Å²) in [5, 5.41) is 0. The van der Waals surface area contributed by atoms with Gasteiger partial charge < -0.3 is 4.74 Å². The van der Waals surface area contributed by atoms with Crippen LogP contribution in [-0.2, 0) is 4.74 Å². The molecule has 2 nitrogen and oxygen atoms in total. The number of hydrogen-bond acceptors (Lipinski definition) is 2. The fourth-order valence-electron chi connectivity index (χ4n) is 0.888. The second-order valence-corrected chi connectivity index (χ2v) is 4.98. The summed E-state index contributed by atoms with van der Waals surface area (Å²) in [5.41, 5.74) is 0.522. The summed E-state index contributed by atoms with van der Waals surface area (Å²) in [4.78, 5) is 11.4. The molecule has 0 aromatic heterocycles. The van der Waals surface area contributed by atoms with Crippen LogP contribution in [0.5, 0.6) is 0 Å². The zero-order valence-corrected chi connectivity index (χ0v) is 12.1. The van der Waals surface area contributed by atoms with E-state index in [1.807, 2.05) is 0 Å². The van der Waals surface area contributed by atoms with Crippen molar-refractivity contribution in [2.24, 2.45) is 0 Å². The van der Waals surface area contributed by atoms with Crippen LogP contribution >= 0.6 is 47.8 Å². The third-order valence-corrected chi connectivity index (χ3v) is 4.66. The monoisotopic (exact) mass is 384 g/mol. The van der Waals surface area contributed by atoms with Gasteiger partial charge >= 0.3 is 5.97 Å². The highest BCUT2D eigenvalue weighted by atomic mass is 79.9. The molecule has 1 rings (SSSR count). The maximum Gasteiger partial charge on any atom is 0.338 e. The number of ether oxygens (including phenoxy) is 1. The van der Waals surface area contributed by atoms with Crippen LogP contribution in [0.25, 0.3) is 0 Å². The molecule has 0 N–H and O–H groups in total. The number of halogens is 3. The van der Waals surface area contributed by atoms with Gasteiger partial charge in [0.05, 0.1) is 12.2 Å². The van der Waals surface area contributed by atoms with Crippen LogP contribution in [0.3, 0.4) is 0 Å². The maximum atomic E-state index is 11.4. The molecule has 14 heavy (non-hydrogen) atoms. The van der Waals surface area contributed by atoms with Crippen molar-refractivity contribution in [3.63, 3.8) is 0 Å². The number of benzene rings is 1. The second kappa shape index (κ2) is 5.28. The van der Waals surface area contributed by atoms with Crippen molar-refractivity contribution in [2.75, 3.05) is 6.61 Å². The minimum absolute atomic E-state index is 0.318. The number of rotatable bonds is 2. The van der Waals surface area contributed by atoms with E-state index in [0.29, 0.717) is 12.2 Å². The number of hydrogen-bond donors (Lipinski definition) is 0. The Kier molecular flexibility index (Phi) is 4.60. The van der Waals surface area contributed by atoms with Crippen LogP contribution in [0, 0.1) is 0 Å². The van der Waals surface area contributed by atoms with E-state index in [1.54, 1.807) is 19.1 Å². The van der Waals surface area contributed by atoms with Gasteiger partial charge in [0.2, 0.25) is 0 Å². The predicted octanol–water partition coefficient (Wildman–Crippen LogP) is 4.15. The van der Waals surface area contributed by atoms with E-state index in [4.69, 9.17) is 4.74 Å². The Labute approximate surface area is 107 Å². The molecule has 76 valence electrons. The van der Waals surface area contributed by atoms with Crippen molar-refractivity contribution in [2.45, 2.75) is 6.92 Å². The van der Waals surface area contributed by atoms with E-state index in [-0.39, 0.29) is 5.97 Å². The molecule has 0 spiro atoms. The minimum Gasteiger partial charge on any atom is -0.462 e. The molecule has 0 unspecified atom stereocenters. The number of carbonyl (C=O) groups excluding carboxylic acids is 1. The first-order valence-electron chi connectivity index (χ1n) is 3.88. The average molecular weight is 387 g/mol. The van der Waals surface area contributed by atoms with Crippen molar-refractivity contribution < 1.29 is 9.53 Å². The van der Waals surface area contributed by atoms with Gasteiger partial charge in [-0.15, -0.1) is 0 Å². The average Bonchev–Trinajstić information content (AvgIpc) is 2.13. The van der Waals surface area contributed by atoms with E-state index >= 15 is 0 Å². The minimum atomic E-state index is -0.318. The summed E-state index contributed by atoms with van der Waals surface area (Å²) in [7, 11) is 0. The third-order valence-electron chi connectivity index (χ3n) is 1.49. The Hall–Kier alpha value is 0.130. The molecule has 0 aliphatic carbocycles. The molecule has 5 heteroatoms. The van der Waals surface area contributed by atoms with Crippen molar-refractivity contribution in [1.29, 1.82) is 0 Å². The molecule has 0 saturated heterocycles. The lowest BCUT2D eigenvalue weighted by Crippen LogP contribution is -2.04. The van der Waals surface area contributed by atoms with Gasteiger partial charge in [-0.3, -0.25) is 0 Å². The molecule has 0 aliphatic heterocycles. The van der Waals surface area contributed by atoms with Gasteiger partial charge in [-0.25, -0.2) is 4.79 Å². The van der Waals surface area contributed by atoms with Crippen molar-refractivity contribution in [1.82, 2.24) is 0 Å². The summed E-state index contributed by atoms with van der Waals surface area (Å²) in [6.45, 7) is 2.16. The summed E-state index contributed by atoms with van der Waals surface area (Å²) < 4.78 is 7.39. The lowest BCUT2D eigenvalue weighted by Gasteiger charge is -2.05. The van der Waals surface area contributed by atoms with Gasteiger partial charge in [0, 0.05) is 13.4 Å². The lowest BCUT2D eigenvalue weighted by molar-refractivity contribution is 0.0526. The highest BCUT2D eigenvalue weighted by molar-refractivity contribution is 9.14. The first-order valence-corrected chi connectivity index (χ1v) is 6.25. The van der Waals surface area contributed by atoms with E-state index in [2.05, 4.69) is 47.8 Å². The molecular formula is C9H7Br3O2. The molecule has 0 bridgehead atoms. The number of carbonyl (C=O) groups is 1. The summed E-state index contributed by atoms with van der Waals surface area (Å²) >= 11 is 10.0. The maximum absolute atomic E-state index is 11.4. The van der Waals surface area contributed by atoms with E-state index in [0.717, 1.165) is 13.4 Å². The van der Waals surface area contributed by atoms with Crippen LogP contribution in [0.15, 0.2) is 25.6 Å². The predicted molar refractivity (Wildman–Crippen MR) is 65.5 cm³/mol. The van der Waals surface area contributed by atoms with Crippen LogP contribution in [-0.4, -0.2) is 12.6 Å². The fraction of sp³-hybridized carbons (Fsp3) is 0.222. The Morgan fingerprint density at radius 2 is 1.79 bits per heavy atom. The van der Waals surface area contributed by atoms with Crippen LogP contribution in [0.2, 0.25) is 0 Å². The topological polar surface area (TPSA) is 26.3 Å². The third kappa shape index (κ3) is 2.81. The molecule has 0 atom stereocenters. The van der Waals surface area contributed by atoms with E-state index < -0.39 is 0 Å². The summed E-state index contributed by atoms with van der Waals surface area (Å²) in [5.74, 6) is -0.318. The summed E-state index contributed by atoms with van der Waals surface area (Å²) in [6.07, 6.45) is 0. The van der Waals surface area contributed by atoms with Gasteiger partial charge in [-0.05, 0) is 66.8 Å². The first-order chi connectivity index (χ1) is 6.56. The SMILES string of the molecule is CCOC(=O)c1cc(Br)c(Br)c(Br)c1. The Balaban J connectivity index is 3.06. The molecule has 0 saturated carbocycles. The molecule has 1 aromatic carbocycles. The molecule has 0 radical (unpaired) electrons. The molecule has 0 aliphatic rings. The first kappa shape index (κ1) is 12.2. The summed E-state index contributed by atoms with van der Waals surface area (Å²) in [6, 6.07) is 3.43. The van der Waals surface area contributed by atoms with Crippen molar-refractivity contribution >= 4 is 53.8 Å². The highest BCUT2D eigenvalue weighted by Gasteiger charge is 2.11. The van der Waals surface area contributed by atoms with E-state index in [9.17, 15) is 4.79 Å². The highest BCUT2D eigenvalue weighted by Crippen LogP contribution is 2.32. The largest absolute Gasteiger partial charge is 0.462 e. The van der Waals surface area contributed by atoms with Crippen LogP contribution in [0.4, 0.5) is 0 Å². The Morgan fingerprint density at radius 3 is 2.21 bits per heavy atom. The van der Waals surface area contributed by atoms with Crippen LogP contribution in [0.1, 0.15) is 17.3 Å². The molecule has 0 fully saturated rings. The van der Waals surface area contributed by atoms with Gasteiger partial charge in [0.25, 0.3) is 0 Å². The molecule has 0 heterocycles. The van der Waals surface area contributed by atoms with E-state index in [1.165, 1.54) is 0 Å². The van der Waals surface area contributed by atoms with Crippen molar-refractivity contribution in [3.8, 4) is 0 Å². The molecule has 1 aromatic rings. The normalized spacial score (nSPS) is 10.0. The fourth-order valence-corrected chi connectivity index (χ4v) is 2.30. The van der Waals surface area contributed by atoms with Gasteiger partial charge in [-0.1, -0.05) is 0 Å². The van der Waals surface area contributed by atoms with Gasteiger partial charge in [0.15, 0.2) is 0 Å². The van der Waals surface area contributed by atoms with Gasteiger partial charge in [0.1, 0.15) is 0 Å². The molecular weight excluding hydrogens is 380 g/mol. The smallest absolute Gasteiger partial charge is 0.338 e. The Morgan fingerprint density at radius 1 is 1.29 bits per heavy atom. The quantitative estimate of drug-likeness (QED) is 0.563. The molecule has 0 amide bonds. The zero-order valence-electron chi connectivity index (χ0n) is 7.31. The lowest BCUT2D eigenvalue weighted by atomic mass is 10.2. The zero-order chi connectivity index (χ0) is 10.7. The number of esters is 1. The van der Waals surface area contributed by atoms with Crippen molar-refractivity contribution in [3.05, 3.63) is 31.1 Å². The Bertz CT molecular complexity index is 340. The van der Waals surface area contributed by atoms with Gasteiger partial charge in [-0.2, -0.15) is 0 Å².